The molecule has 2 amide bonds. The van der Waals surface area contributed by atoms with Gasteiger partial charge < -0.3 is 19.4 Å². The number of rotatable bonds is 8. The molecule has 2 saturated heterocycles. The number of anilines is 1. The van der Waals surface area contributed by atoms with E-state index in [0.29, 0.717) is 56.0 Å². The molecule has 0 aromatic heterocycles. The van der Waals surface area contributed by atoms with Crippen LogP contribution in [0.25, 0.3) is 0 Å². The van der Waals surface area contributed by atoms with Gasteiger partial charge in [0, 0.05) is 68.0 Å². The molecule has 3 fully saturated rings. The summed E-state index contributed by atoms with van der Waals surface area (Å²) in [5.41, 5.74) is 4.39. The van der Waals surface area contributed by atoms with Gasteiger partial charge in [-0.2, -0.15) is 0 Å². The molecular formula is C31H44ClN7O5S. The van der Waals surface area contributed by atoms with Crippen LogP contribution >= 0.6 is 11.6 Å². The molecule has 1 saturated carbocycles. The number of carbonyl (C=O) groups is 2. The van der Waals surface area contributed by atoms with Crippen LogP contribution in [0, 0.1) is 5.92 Å². The van der Waals surface area contributed by atoms with Crippen molar-refractivity contribution in [2.45, 2.75) is 64.5 Å². The van der Waals surface area contributed by atoms with Crippen LogP contribution in [0.5, 0.6) is 0 Å². The number of nitrogens with one attached hydrogen (secondary N) is 2. The minimum Gasteiger partial charge on any atom is -0.444 e. The van der Waals surface area contributed by atoms with Crippen molar-refractivity contribution in [2.24, 2.45) is 10.9 Å². The number of hydrogen-bond donors (Lipinski definition) is 2. The largest absolute Gasteiger partial charge is 0.444 e. The highest BCUT2D eigenvalue weighted by Crippen LogP contribution is 2.35. The maximum atomic E-state index is 13.9. The van der Waals surface area contributed by atoms with Crippen molar-refractivity contribution in [3.63, 3.8) is 0 Å². The van der Waals surface area contributed by atoms with Crippen molar-refractivity contribution in [1.29, 1.82) is 0 Å². The summed E-state index contributed by atoms with van der Waals surface area (Å²) in [4.78, 5) is 37.1. The SMILES string of the molecule is C=C1N=C(C2CC2)C=C(N2CCN(C(=O)OC(C)(C)C)CC2)N1NCC1CCCCN1C(=O)c1cc(Cl)ccc1NS(C)(=O)=O. The molecule has 246 valence electrons. The Morgan fingerprint density at radius 3 is 2.44 bits per heavy atom. The number of benzene rings is 1. The lowest BCUT2D eigenvalue weighted by Crippen LogP contribution is -2.56. The highest BCUT2D eigenvalue weighted by molar-refractivity contribution is 7.92. The molecule has 1 aromatic rings. The molecule has 1 atom stereocenters. The molecule has 14 heteroatoms. The topological polar surface area (TPSA) is 127 Å². The molecule has 5 rings (SSSR count). The number of amides is 2. The van der Waals surface area contributed by atoms with Gasteiger partial charge in [-0.05, 0) is 71.1 Å². The van der Waals surface area contributed by atoms with E-state index in [0.717, 1.165) is 49.9 Å². The number of carbonyl (C=O) groups excluding carboxylic acids is 2. The standard InChI is InChI=1S/C31H44ClN7O5S/c1-21-34-27(22-9-10-22)19-28(36-14-16-37(17-15-36)30(41)44-31(2,3)4)39(21)33-20-24-8-6-7-13-38(24)29(40)25-18-23(32)11-12-26(25)35-45(5,42)43/h11-12,18-19,22,24,33,35H,1,6-10,13-17,20H2,2-5H3. The number of likely N-dealkylation sites (tertiary alicyclic amines) is 1. The predicted molar refractivity (Wildman–Crippen MR) is 175 cm³/mol. The summed E-state index contributed by atoms with van der Waals surface area (Å²) in [5, 5.41) is 2.24. The van der Waals surface area contributed by atoms with E-state index in [4.69, 9.17) is 21.3 Å². The zero-order chi connectivity index (χ0) is 32.5. The number of halogens is 1. The van der Waals surface area contributed by atoms with Crippen LogP contribution in [0.3, 0.4) is 0 Å². The number of aliphatic imine (C=N–C) groups is 1. The summed E-state index contributed by atoms with van der Waals surface area (Å²) in [6.45, 7) is 13.1. The molecule has 1 aliphatic carbocycles. The van der Waals surface area contributed by atoms with Crippen LogP contribution < -0.4 is 10.1 Å². The van der Waals surface area contributed by atoms with Crippen LogP contribution in [0.1, 0.15) is 63.2 Å². The second-order valence-electron chi connectivity index (χ2n) is 13.1. The first kappa shape index (κ1) is 33.1. The van der Waals surface area contributed by atoms with E-state index in [-0.39, 0.29) is 29.3 Å². The first-order valence-electron chi connectivity index (χ1n) is 15.5. The normalized spacial score (nSPS) is 21.4. The zero-order valence-electron chi connectivity index (χ0n) is 26.5. The first-order chi connectivity index (χ1) is 21.2. The summed E-state index contributed by atoms with van der Waals surface area (Å²) in [7, 11) is -3.61. The minimum absolute atomic E-state index is 0.164. The average Bonchev–Trinajstić information content (AvgIpc) is 3.81. The molecule has 0 bridgehead atoms. The van der Waals surface area contributed by atoms with E-state index in [2.05, 4.69) is 27.7 Å². The number of nitrogens with zero attached hydrogens (tertiary/aromatic N) is 5. The number of sulfonamides is 1. The highest BCUT2D eigenvalue weighted by atomic mass is 35.5. The van der Waals surface area contributed by atoms with Crippen LogP contribution in [0.15, 0.2) is 47.5 Å². The van der Waals surface area contributed by atoms with E-state index in [1.54, 1.807) is 15.9 Å². The molecule has 12 nitrogen and oxygen atoms in total. The molecule has 4 aliphatic rings. The summed E-state index contributed by atoms with van der Waals surface area (Å²) in [5.74, 6) is 1.65. The fourth-order valence-electron chi connectivity index (χ4n) is 5.81. The summed E-state index contributed by atoms with van der Waals surface area (Å²) in [6, 6.07) is 4.42. The maximum absolute atomic E-state index is 13.9. The molecule has 3 heterocycles. The zero-order valence-corrected chi connectivity index (χ0v) is 28.1. The lowest BCUT2D eigenvalue weighted by molar-refractivity contribution is 0.0138. The number of piperidine rings is 1. The van der Waals surface area contributed by atoms with Gasteiger partial charge in [-0.15, -0.1) is 0 Å². The van der Waals surface area contributed by atoms with Crippen LogP contribution in [0.4, 0.5) is 10.5 Å². The Balaban J connectivity index is 1.31. The van der Waals surface area contributed by atoms with Gasteiger partial charge in [-0.25, -0.2) is 28.6 Å². The maximum Gasteiger partial charge on any atom is 0.410 e. The smallest absolute Gasteiger partial charge is 0.410 e. The quantitative estimate of drug-likeness (QED) is 0.424. The van der Waals surface area contributed by atoms with Crippen molar-refractivity contribution < 1.29 is 22.7 Å². The Kier molecular flexibility index (Phi) is 9.71. The van der Waals surface area contributed by atoms with Gasteiger partial charge in [0.25, 0.3) is 5.91 Å². The van der Waals surface area contributed by atoms with Crippen LogP contribution in [-0.2, 0) is 14.8 Å². The lowest BCUT2D eigenvalue weighted by Gasteiger charge is -2.43. The van der Waals surface area contributed by atoms with Gasteiger partial charge in [0.1, 0.15) is 17.2 Å². The Hall–Kier alpha value is -3.29. The second-order valence-corrected chi connectivity index (χ2v) is 15.3. The van der Waals surface area contributed by atoms with Crippen LogP contribution in [0.2, 0.25) is 5.02 Å². The third-order valence-corrected chi connectivity index (χ3v) is 8.98. The van der Waals surface area contributed by atoms with Crippen molar-refractivity contribution in [1.82, 2.24) is 25.1 Å². The molecule has 3 aliphatic heterocycles. The van der Waals surface area contributed by atoms with Gasteiger partial charge >= 0.3 is 6.09 Å². The van der Waals surface area contributed by atoms with E-state index in [9.17, 15) is 18.0 Å². The fourth-order valence-corrected chi connectivity index (χ4v) is 6.56. The molecule has 1 unspecified atom stereocenters. The number of ether oxygens (including phenoxy) is 1. The van der Waals surface area contributed by atoms with Crippen LogP contribution in [-0.4, -0.2) is 103 Å². The fraction of sp³-hybridized carbons (Fsp3) is 0.581. The number of piperazine rings is 1. The number of hydrogen-bond acceptors (Lipinski definition) is 9. The van der Waals surface area contributed by atoms with E-state index in [1.165, 1.54) is 12.1 Å². The molecule has 2 N–H and O–H groups in total. The molecule has 0 spiro atoms. The van der Waals surface area contributed by atoms with E-state index < -0.39 is 15.6 Å². The Morgan fingerprint density at radius 2 is 1.80 bits per heavy atom. The van der Waals surface area contributed by atoms with Gasteiger partial charge in [0.15, 0.2) is 0 Å². The van der Waals surface area contributed by atoms with Crippen molar-refractivity contribution in [3.05, 3.63) is 53.1 Å². The van der Waals surface area contributed by atoms with Crippen molar-refractivity contribution in [3.8, 4) is 0 Å². The lowest BCUT2D eigenvalue weighted by atomic mass is 10.0. The van der Waals surface area contributed by atoms with Gasteiger partial charge in [0.2, 0.25) is 10.0 Å². The monoisotopic (exact) mass is 661 g/mol. The summed E-state index contributed by atoms with van der Waals surface area (Å²) >= 11 is 6.24. The highest BCUT2D eigenvalue weighted by Gasteiger charge is 2.36. The molecule has 0 radical (unpaired) electrons. The van der Waals surface area contributed by atoms with E-state index >= 15 is 0 Å². The van der Waals surface area contributed by atoms with Gasteiger partial charge in [-0.3, -0.25) is 9.52 Å². The number of allylic oxidation sites excluding steroid dienone is 1. The number of hydrazine groups is 1. The molecule has 1 aromatic carbocycles. The molecular weight excluding hydrogens is 618 g/mol. The first-order valence-corrected chi connectivity index (χ1v) is 17.8. The average molecular weight is 662 g/mol. The molecule has 45 heavy (non-hydrogen) atoms. The Bertz CT molecular complexity index is 1490. The Labute approximate surface area is 271 Å². The minimum atomic E-state index is -3.61. The van der Waals surface area contributed by atoms with Crippen molar-refractivity contribution in [2.75, 3.05) is 50.2 Å². The second kappa shape index (κ2) is 13.2. The summed E-state index contributed by atoms with van der Waals surface area (Å²) < 4.78 is 32.1. The third-order valence-electron chi connectivity index (χ3n) is 8.15. The van der Waals surface area contributed by atoms with E-state index in [1.807, 2.05) is 25.8 Å². The van der Waals surface area contributed by atoms with Gasteiger partial charge in [-0.1, -0.05) is 18.2 Å². The Morgan fingerprint density at radius 1 is 1.09 bits per heavy atom. The van der Waals surface area contributed by atoms with Crippen molar-refractivity contribution >= 4 is 45.0 Å². The summed E-state index contributed by atoms with van der Waals surface area (Å²) in [6.07, 6.45) is 7.64. The third kappa shape index (κ3) is 8.50. The predicted octanol–water partition coefficient (Wildman–Crippen LogP) is 4.24. The van der Waals surface area contributed by atoms with Gasteiger partial charge in [0.05, 0.1) is 17.5 Å².